The zero-order valence-electron chi connectivity index (χ0n) is 16.3. The lowest BCUT2D eigenvalue weighted by molar-refractivity contribution is -0.159. The molecule has 0 bridgehead atoms. The van der Waals surface area contributed by atoms with Crippen molar-refractivity contribution in [3.05, 3.63) is 35.4 Å². The number of Topliss-reactive ketones (excluding diaryl/α,β-unsaturated/α-hetero) is 1. The summed E-state index contributed by atoms with van der Waals surface area (Å²) >= 11 is 0. The lowest BCUT2D eigenvalue weighted by Gasteiger charge is -2.22. The predicted octanol–water partition coefficient (Wildman–Crippen LogP) is 1.67. The number of nitrogens with zero attached hydrogens (tertiary/aromatic N) is 1. The van der Waals surface area contributed by atoms with Crippen LogP contribution in [-0.4, -0.2) is 57.6 Å². The Balaban J connectivity index is 0.000000568. The van der Waals surface area contributed by atoms with Gasteiger partial charge in [0.05, 0.1) is 18.6 Å². The fourth-order valence-corrected chi connectivity index (χ4v) is 3.02. The highest BCUT2D eigenvalue weighted by Gasteiger charge is 2.37. The summed E-state index contributed by atoms with van der Waals surface area (Å²) < 4.78 is 0. The van der Waals surface area contributed by atoms with E-state index in [2.05, 4.69) is 30.6 Å². The van der Waals surface area contributed by atoms with Crippen molar-refractivity contribution in [3.8, 4) is 11.8 Å². The number of benzene rings is 1. The molecule has 0 aromatic heterocycles. The molecule has 1 aromatic carbocycles. The maximum atomic E-state index is 12.1. The van der Waals surface area contributed by atoms with Gasteiger partial charge in [-0.15, -0.1) is 0 Å². The van der Waals surface area contributed by atoms with E-state index in [1.54, 1.807) is 0 Å². The maximum absolute atomic E-state index is 12.1. The SMILES string of the molecule is CCN(CC)CC#CCC(=O)CC1(O)CCc2ccccc21.O=C(O)C(=O)O. The molecule has 0 aliphatic heterocycles. The van der Waals surface area contributed by atoms with Gasteiger partial charge in [-0.1, -0.05) is 50.0 Å². The van der Waals surface area contributed by atoms with Crippen LogP contribution in [-0.2, 0) is 26.4 Å². The number of hydrogen-bond donors (Lipinski definition) is 3. The van der Waals surface area contributed by atoms with E-state index in [0.29, 0.717) is 13.0 Å². The first-order valence-electron chi connectivity index (χ1n) is 9.20. The highest BCUT2D eigenvalue weighted by atomic mass is 16.4. The van der Waals surface area contributed by atoms with Crippen LogP contribution in [0.2, 0.25) is 0 Å². The van der Waals surface area contributed by atoms with Crippen molar-refractivity contribution in [1.82, 2.24) is 4.90 Å². The van der Waals surface area contributed by atoms with Gasteiger partial charge in [-0.05, 0) is 37.1 Å². The van der Waals surface area contributed by atoms with E-state index in [1.165, 1.54) is 0 Å². The molecule has 0 saturated heterocycles. The first-order chi connectivity index (χ1) is 13.2. The third-order valence-corrected chi connectivity index (χ3v) is 4.61. The largest absolute Gasteiger partial charge is 0.473 e. The second-order valence-corrected chi connectivity index (χ2v) is 6.51. The predicted molar refractivity (Wildman–Crippen MR) is 104 cm³/mol. The van der Waals surface area contributed by atoms with Crippen molar-refractivity contribution < 1.29 is 29.7 Å². The summed E-state index contributed by atoms with van der Waals surface area (Å²) in [6.07, 6.45) is 1.87. The fourth-order valence-electron chi connectivity index (χ4n) is 3.02. The number of hydrogen-bond acceptors (Lipinski definition) is 5. The molecule has 7 heteroatoms. The summed E-state index contributed by atoms with van der Waals surface area (Å²) in [7, 11) is 0. The van der Waals surface area contributed by atoms with Crippen LogP contribution in [0.25, 0.3) is 0 Å². The zero-order valence-corrected chi connectivity index (χ0v) is 16.3. The molecule has 1 unspecified atom stereocenters. The number of ketones is 1. The van der Waals surface area contributed by atoms with E-state index in [0.717, 1.165) is 30.6 Å². The molecular formula is C21H27NO6. The van der Waals surface area contributed by atoms with Gasteiger partial charge in [0.1, 0.15) is 5.78 Å². The molecule has 0 radical (unpaired) electrons. The van der Waals surface area contributed by atoms with Crippen LogP contribution >= 0.6 is 0 Å². The normalized spacial score (nSPS) is 17.0. The molecule has 152 valence electrons. The second kappa shape index (κ2) is 11.2. The summed E-state index contributed by atoms with van der Waals surface area (Å²) in [6, 6.07) is 7.86. The average Bonchev–Trinajstić information content (AvgIpc) is 2.99. The molecule has 1 atom stereocenters. The van der Waals surface area contributed by atoms with Crippen LogP contribution in [0.4, 0.5) is 0 Å². The molecule has 0 saturated carbocycles. The van der Waals surface area contributed by atoms with Crippen molar-refractivity contribution in [2.45, 2.75) is 45.1 Å². The van der Waals surface area contributed by atoms with Crippen LogP contribution in [0.5, 0.6) is 0 Å². The number of aryl methyl sites for hydroxylation is 1. The first-order valence-corrected chi connectivity index (χ1v) is 9.20. The van der Waals surface area contributed by atoms with E-state index in [1.807, 2.05) is 24.3 Å². The summed E-state index contributed by atoms with van der Waals surface area (Å²) in [6.45, 7) is 6.84. The van der Waals surface area contributed by atoms with Gasteiger partial charge in [0.2, 0.25) is 0 Å². The topological polar surface area (TPSA) is 115 Å². The summed E-state index contributed by atoms with van der Waals surface area (Å²) in [5.41, 5.74) is 1.08. The standard InChI is InChI=1S/C19H25NO2.C2H2O4/c1-3-20(4-2)14-8-7-10-17(21)15-19(22)13-12-16-9-5-6-11-18(16)19;3-1(4)2(5)6/h5-6,9,11,22H,3-4,10,12-15H2,1-2H3;(H,3,4)(H,5,6). The molecule has 0 fully saturated rings. The maximum Gasteiger partial charge on any atom is 0.414 e. The van der Waals surface area contributed by atoms with Crippen LogP contribution in [0.15, 0.2) is 24.3 Å². The number of carboxylic acids is 2. The van der Waals surface area contributed by atoms with Gasteiger partial charge >= 0.3 is 11.9 Å². The van der Waals surface area contributed by atoms with Gasteiger partial charge in [0, 0.05) is 6.42 Å². The number of carbonyl (C=O) groups excluding carboxylic acids is 1. The lowest BCUT2D eigenvalue weighted by Crippen LogP contribution is -2.26. The Morgan fingerprint density at radius 3 is 2.25 bits per heavy atom. The molecule has 0 spiro atoms. The van der Waals surface area contributed by atoms with Gasteiger partial charge in [-0.2, -0.15) is 0 Å². The Labute approximate surface area is 165 Å². The second-order valence-electron chi connectivity index (χ2n) is 6.51. The Morgan fingerprint density at radius 2 is 1.68 bits per heavy atom. The highest BCUT2D eigenvalue weighted by Crippen LogP contribution is 2.39. The molecule has 1 aromatic rings. The molecule has 1 aliphatic carbocycles. The van der Waals surface area contributed by atoms with Gasteiger partial charge < -0.3 is 15.3 Å². The first kappa shape index (κ1) is 23.3. The molecule has 0 amide bonds. The van der Waals surface area contributed by atoms with Gasteiger partial charge in [0.15, 0.2) is 0 Å². The monoisotopic (exact) mass is 389 g/mol. The third-order valence-electron chi connectivity index (χ3n) is 4.61. The van der Waals surface area contributed by atoms with Gasteiger partial charge in [-0.25, -0.2) is 9.59 Å². The van der Waals surface area contributed by atoms with Crippen LogP contribution in [0, 0.1) is 11.8 Å². The Hall–Kier alpha value is -2.69. The van der Waals surface area contributed by atoms with Crippen molar-refractivity contribution in [1.29, 1.82) is 0 Å². The molecule has 28 heavy (non-hydrogen) atoms. The van der Waals surface area contributed by atoms with Crippen LogP contribution in [0.3, 0.4) is 0 Å². The summed E-state index contributed by atoms with van der Waals surface area (Å²) in [5.74, 6) is 2.37. The van der Waals surface area contributed by atoms with E-state index in [9.17, 15) is 9.90 Å². The van der Waals surface area contributed by atoms with Crippen molar-refractivity contribution >= 4 is 17.7 Å². The van der Waals surface area contributed by atoms with Crippen molar-refractivity contribution in [3.63, 3.8) is 0 Å². The molecular weight excluding hydrogens is 362 g/mol. The van der Waals surface area contributed by atoms with E-state index < -0.39 is 17.5 Å². The molecule has 1 aliphatic rings. The zero-order chi connectivity index (χ0) is 21.2. The van der Waals surface area contributed by atoms with E-state index in [-0.39, 0.29) is 18.6 Å². The lowest BCUT2D eigenvalue weighted by atomic mass is 9.90. The van der Waals surface area contributed by atoms with Crippen LogP contribution < -0.4 is 0 Å². The number of carbonyl (C=O) groups is 3. The quantitative estimate of drug-likeness (QED) is 0.501. The smallest absolute Gasteiger partial charge is 0.414 e. The minimum Gasteiger partial charge on any atom is -0.473 e. The molecule has 0 heterocycles. The van der Waals surface area contributed by atoms with Gasteiger partial charge in [-0.3, -0.25) is 9.69 Å². The number of rotatable bonds is 6. The Morgan fingerprint density at radius 1 is 1.07 bits per heavy atom. The van der Waals surface area contributed by atoms with Crippen molar-refractivity contribution in [2.75, 3.05) is 19.6 Å². The highest BCUT2D eigenvalue weighted by molar-refractivity contribution is 6.27. The fraction of sp³-hybridized carbons (Fsp3) is 0.476. The van der Waals surface area contributed by atoms with Crippen LogP contribution in [0.1, 0.15) is 44.2 Å². The number of carboxylic acid groups (broad SMARTS) is 2. The molecule has 7 nitrogen and oxygen atoms in total. The van der Waals surface area contributed by atoms with Gasteiger partial charge in [0.25, 0.3) is 0 Å². The minimum absolute atomic E-state index is 0.0197. The average molecular weight is 389 g/mol. The number of aliphatic carboxylic acids is 2. The number of fused-ring (bicyclic) bond motifs is 1. The Bertz CT molecular complexity index is 748. The summed E-state index contributed by atoms with van der Waals surface area (Å²) in [4.78, 5) is 32.5. The van der Waals surface area contributed by atoms with E-state index in [4.69, 9.17) is 19.8 Å². The Kier molecular flexibility index (Phi) is 9.36. The number of aliphatic hydroxyl groups is 1. The molecule has 2 rings (SSSR count). The molecule has 3 N–H and O–H groups in total. The third kappa shape index (κ3) is 7.14. The minimum atomic E-state index is -1.82. The van der Waals surface area contributed by atoms with E-state index >= 15 is 0 Å². The summed E-state index contributed by atoms with van der Waals surface area (Å²) in [5, 5.41) is 25.5. The van der Waals surface area contributed by atoms with Crippen molar-refractivity contribution in [2.24, 2.45) is 0 Å².